The number of rotatable bonds is 3. The molecule has 82 valence electrons. The molecule has 0 amide bonds. The lowest BCUT2D eigenvalue weighted by Gasteiger charge is -2.10. The standard InChI is InChI=1S/C12H13BO2S/c13-9-5-8(12(14)15)6-11(7-9)16-10-3-1-2-4-10/h5-7,10H,1-4H2,(H,14,15). The van der Waals surface area contributed by atoms with Gasteiger partial charge in [0, 0.05) is 10.1 Å². The molecular formula is C12H13BO2S. The maximum Gasteiger partial charge on any atom is 0.335 e. The Bertz CT molecular complexity index is 400. The van der Waals surface area contributed by atoms with Crippen molar-refractivity contribution in [2.75, 3.05) is 0 Å². The summed E-state index contributed by atoms with van der Waals surface area (Å²) in [5.41, 5.74) is 0.806. The zero-order valence-electron chi connectivity index (χ0n) is 8.98. The Hall–Kier alpha value is -0.895. The van der Waals surface area contributed by atoms with Crippen molar-refractivity contribution >= 4 is 31.0 Å². The third kappa shape index (κ3) is 2.82. The van der Waals surface area contributed by atoms with Crippen molar-refractivity contribution in [3.63, 3.8) is 0 Å². The van der Waals surface area contributed by atoms with Crippen LogP contribution in [-0.2, 0) is 0 Å². The van der Waals surface area contributed by atoms with E-state index in [2.05, 4.69) is 0 Å². The van der Waals surface area contributed by atoms with Crippen molar-refractivity contribution in [2.45, 2.75) is 35.8 Å². The number of carbonyl (C=O) groups is 1. The predicted octanol–water partition coefficient (Wildman–Crippen LogP) is 2.21. The fraction of sp³-hybridized carbons (Fsp3) is 0.417. The monoisotopic (exact) mass is 232 g/mol. The number of hydrogen-bond acceptors (Lipinski definition) is 2. The third-order valence-electron chi connectivity index (χ3n) is 2.78. The smallest absolute Gasteiger partial charge is 0.335 e. The third-order valence-corrected chi connectivity index (χ3v) is 4.09. The summed E-state index contributed by atoms with van der Waals surface area (Å²) in [6, 6.07) is 5.07. The normalized spacial score (nSPS) is 16.5. The van der Waals surface area contributed by atoms with Crippen LogP contribution in [0.5, 0.6) is 0 Å². The SMILES string of the molecule is [B]c1cc(SC2CCCC2)cc(C(=O)O)c1. The van der Waals surface area contributed by atoms with Gasteiger partial charge in [-0.3, -0.25) is 0 Å². The van der Waals surface area contributed by atoms with Gasteiger partial charge in [0.05, 0.1) is 5.56 Å². The van der Waals surface area contributed by atoms with Crippen molar-refractivity contribution in [3.05, 3.63) is 23.8 Å². The Morgan fingerprint density at radius 2 is 2.00 bits per heavy atom. The highest BCUT2D eigenvalue weighted by Crippen LogP contribution is 2.34. The Morgan fingerprint density at radius 3 is 2.62 bits per heavy atom. The lowest BCUT2D eigenvalue weighted by molar-refractivity contribution is 0.0696. The van der Waals surface area contributed by atoms with Crippen LogP contribution in [-0.4, -0.2) is 24.2 Å². The molecule has 0 aromatic heterocycles. The molecule has 1 N–H and O–H groups in total. The van der Waals surface area contributed by atoms with Crippen LogP contribution < -0.4 is 5.46 Å². The molecule has 1 aromatic rings. The number of carboxylic acids is 1. The van der Waals surface area contributed by atoms with Crippen LogP contribution in [0.15, 0.2) is 23.1 Å². The molecule has 1 aromatic carbocycles. The second-order valence-corrected chi connectivity index (χ2v) is 5.49. The first-order valence-electron chi connectivity index (χ1n) is 5.45. The summed E-state index contributed by atoms with van der Waals surface area (Å²) in [5.74, 6) is -0.916. The average molecular weight is 232 g/mol. The molecular weight excluding hydrogens is 219 g/mol. The van der Waals surface area contributed by atoms with Gasteiger partial charge in [0.15, 0.2) is 0 Å². The van der Waals surface area contributed by atoms with E-state index in [0.717, 1.165) is 4.90 Å². The van der Waals surface area contributed by atoms with E-state index in [-0.39, 0.29) is 5.56 Å². The van der Waals surface area contributed by atoms with Gasteiger partial charge in [0.2, 0.25) is 0 Å². The van der Waals surface area contributed by atoms with E-state index in [9.17, 15) is 4.79 Å². The highest BCUT2D eigenvalue weighted by atomic mass is 32.2. The van der Waals surface area contributed by atoms with Crippen LogP contribution in [0.2, 0.25) is 0 Å². The van der Waals surface area contributed by atoms with Gasteiger partial charge in [0.25, 0.3) is 0 Å². The van der Waals surface area contributed by atoms with Crippen LogP contribution in [0, 0.1) is 0 Å². The molecule has 4 heteroatoms. The van der Waals surface area contributed by atoms with Gasteiger partial charge < -0.3 is 5.11 Å². The molecule has 2 nitrogen and oxygen atoms in total. The number of hydrogen-bond donors (Lipinski definition) is 1. The van der Waals surface area contributed by atoms with Gasteiger partial charge in [-0.1, -0.05) is 30.4 Å². The van der Waals surface area contributed by atoms with E-state index in [1.807, 2.05) is 6.07 Å². The van der Waals surface area contributed by atoms with Gasteiger partial charge in [-0.15, -0.1) is 11.8 Å². The molecule has 0 aliphatic heterocycles. The van der Waals surface area contributed by atoms with Crippen molar-refractivity contribution in [1.82, 2.24) is 0 Å². The lowest BCUT2D eigenvalue weighted by atomic mass is 9.94. The molecule has 1 aliphatic carbocycles. The Morgan fingerprint density at radius 1 is 1.31 bits per heavy atom. The molecule has 1 saturated carbocycles. The molecule has 0 atom stereocenters. The highest BCUT2D eigenvalue weighted by molar-refractivity contribution is 8.00. The molecule has 0 saturated heterocycles. The van der Waals surface area contributed by atoms with Crippen LogP contribution in [0.4, 0.5) is 0 Å². The largest absolute Gasteiger partial charge is 0.478 e. The topological polar surface area (TPSA) is 37.3 Å². The predicted molar refractivity (Wildman–Crippen MR) is 66.9 cm³/mol. The molecule has 0 heterocycles. The van der Waals surface area contributed by atoms with E-state index in [4.69, 9.17) is 13.0 Å². The first-order valence-corrected chi connectivity index (χ1v) is 6.33. The van der Waals surface area contributed by atoms with E-state index < -0.39 is 5.97 Å². The summed E-state index contributed by atoms with van der Waals surface area (Å²) in [4.78, 5) is 11.9. The number of aromatic carboxylic acids is 1. The minimum absolute atomic E-state index is 0.278. The van der Waals surface area contributed by atoms with E-state index in [0.29, 0.717) is 10.7 Å². The number of carboxylic acid groups (broad SMARTS) is 1. The Balaban J connectivity index is 2.16. The fourth-order valence-electron chi connectivity index (χ4n) is 2.01. The second-order valence-electron chi connectivity index (χ2n) is 4.12. The average Bonchev–Trinajstić information content (AvgIpc) is 2.69. The van der Waals surface area contributed by atoms with E-state index >= 15 is 0 Å². The molecule has 16 heavy (non-hydrogen) atoms. The molecule has 1 aliphatic rings. The lowest BCUT2D eigenvalue weighted by Crippen LogP contribution is -2.08. The minimum atomic E-state index is -0.916. The maximum atomic E-state index is 10.9. The summed E-state index contributed by atoms with van der Waals surface area (Å²) < 4.78 is 0. The molecule has 0 spiro atoms. The summed E-state index contributed by atoms with van der Waals surface area (Å²) in [7, 11) is 5.69. The molecule has 0 unspecified atom stereocenters. The van der Waals surface area contributed by atoms with Crippen LogP contribution in [0.25, 0.3) is 0 Å². The van der Waals surface area contributed by atoms with Gasteiger partial charge in [0.1, 0.15) is 7.85 Å². The van der Waals surface area contributed by atoms with Crippen LogP contribution >= 0.6 is 11.8 Å². The summed E-state index contributed by atoms with van der Waals surface area (Å²) >= 11 is 1.75. The van der Waals surface area contributed by atoms with E-state index in [1.54, 1.807) is 17.8 Å². The van der Waals surface area contributed by atoms with Crippen LogP contribution in [0.1, 0.15) is 36.0 Å². The number of benzene rings is 1. The Kier molecular flexibility index (Phi) is 3.59. The summed E-state index contributed by atoms with van der Waals surface area (Å²) in [6.07, 6.45) is 5.02. The number of thioether (sulfide) groups is 1. The maximum absolute atomic E-state index is 10.9. The molecule has 0 bridgehead atoms. The van der Waals surface area contributed by atoms with Crippen molar-refractivity contribution in [2.24, 2.45) is 0 Å². The molecule has 1 fully saturated rings. The zero-order valence-corrected chi connectivity index (χ0v) is 9.80. The first-order chi connectivity index (χ1) is 7.65. The molecule has 2 radical (unpaired) electrons. The Labute approximate surface area is 101 Å². The van der Waals surface area contributed by atoms with E-state index in [1.165, 1.54) is 31.7 Å². The zero-order chi connectivity index (χ0) is 11.5. The van der Waals surface area contributed by atoms with Gasteiger partial charge in [-0.2, -0.15) is 0 Å². The van der Waals surface area contributed by atoms with Crippen molar-refractivity contribution < 1.29 is 9.90 Å². The highest BCUT2D eigenvalue weighted by Gasteiger charge is 2.16. The first kappa shape index (κ1) is 11.6. The quantitative estimate of drug-likeness (QED) is 0.812. The second kappa shape index (κ2) is 4.96. The van der Waals surface area contributed by atoms with Gasteiger partial charge >= 0.3 is 5.97 Å². The van der Waals surface area contributed by atoms with Crippen LogP contribution in [0.3, 0.4) is 0 Å². The summed E-state index contributed by atoms with van der Waals surface area (Å²) in [6.45, 7) is 0. The van der Waals surface area contributed by atoms with Crippen molar-refractivity contribution in [3.8, 4) is 0 Å². The van der Waals surface area contributed by atoms with Gasteiger partial charge in [-0.05, 0) is 18.9 Å². The molecule has 2 rings (SSSR count). The summed E-state index contributed by atoms with van der Waals surface area (Å²) in [5, 5.41) is 9.56. The fourth-order valence-corrected chi connectivity index (χ4v) is 3.37. The van der Waals surface area contributed by atoms with Crippen molar-refractivity contribution in [1.29, 1.82) is 0 Å². The minimum Gasteiger partial charge on any atom is -0.478 e. The van der Waals surface area contributed by atoms with Gasteiger partial charge in [-0.25, -0.2) is 4.79 Å².